The van der Waals surface area contributed by atoms with Crippen molar-refractivity contribution in [1.82, 2.24) is 35.1 Å². The quantitative estimate of drug-likeness (QED) is 0.263. The third kappa shape index (κ3) is 4.42. The average Bonchev–Trinajstić information content (AvgIpc) is 3.56. The molecule has 0 saturated carbocycles. The van der Waals surface area contributed by atoms with Crippen LogP contribution >= 0.6 is 0 Å². The van der Waals surface area contributed by atoms with Crippen molar-refractivity contribution in [3.8, 4) is 33.9 Å². The number of hydrogen-bond acceptors (Lipinski definition) is 6. The minimum Gasteiger partial charge on any atom is -0.325 e. The van der Waals surface area contributed by atoms with E-state index in [1.54, 1.807) is 24.8 Å². The van der Waals surface area contributed by atoms with E-state index in [0.717, 1.165) is 51.6 Å². The van der Waals surface area contributed by atoms with E-state index in [2.05, 4.69) is 42.4 Å². The zero-order valence-corrected chi connectivity index (χ0v) is 20.2. The Kier molecular flexibility index (Phi) is 5.86. The van der Waals surface area contributed by atoms with Gasteiger partial charge in [-0.25, -0.2) is 9.97 Å². The molecule has 37 heavy (non-hydrogen) atoms. The largest absolute Gasteiger partial charge is 0.325 e. The maximum atomic E-state index is 12.2. The number of fused-ring (bicyclic) bond motifs is 2. The Bertz CT molecular complexity index is 1720. The molecule has 0 aliphatic heterocycles. The molecule has 0 saturated heterocycles. The number of carbonyl (C=O) groups excluding carboxylic acids is 1. The van der Waals surface area contributed by atoms with Crippen LogP contribution in [0.5, 0.6) is 0 Å². The number of H-pyrrole nitrogens is 2. The van der Waals surface area contributed by atoms with E-state index in [0.29, 0.717) is 29.3 Å². The fraction of sp³-hybridized carbons (Fsp3) is 0.143. The highest BCUT2D eigenvalue weighted by molar-refractivity contribution is 5.97. The molecule has 3 N–H and O–H groups in total. The zero-order chi connectivity index (χ0) is 25.2. The van der Waals surface area contributed by atoms with Gasteiger partial charge in [-0.2, -0.15) is 5.10 Å². The van der Waals surface area contributed by atoms with Crippen LogP contribution in [-0.4, -0.2) is 41.0 Å². The highest BCUT2D eigenvalue weighted by Crippen LogP contribution is 2.32. The summed E-state index contributed by atoms with van der Waals surface area (Å²) >= 11 is 0. The van der Waals surface area contributed by atoms with Gasteiger partial charge in [-0.15, -0.1) is 0 Å². The number of aromatic amines is 2. The predicted octanol–water partition coefficient (Wildman–Crippen LogP) is 5.75. The van der Waals surface area contributed by atoms with Gasteiger partial charge in [0.2, 0.25) is 5.91 Å². The zero-order valence-electron chi connectivity index (χ0n) is 20.2. The molecular weight excluding hydrogens is 464 g/mol. The molecule has 0 unspecified atom stereocenters. The smallest absolute Gasteiger partial charge is 0.224 e. The first-order valence-corrected chi connectivity index (χ1v) is 12.2. The molecule has 1 aromatic carbocycles. The van der Waals surface area contributed by atoms with Gasteiger partial charge in [-0.3, -0.25) is 19.9 Å². The van der Waals surface area contributed by atoms with Gasteiger partial charge in [0.05, 0.1) is 23.1 Å². The number of imidazole rings is 1. The van der Waals surface area contributed by atoms with Gasteiger partial charge >= 0.3 is 0 Å². The molecule has 0 fully saturated rings. The first-order valence-electron chi connectivity index (χ1n) is 12.2. The second kappa shape index (κ2) is 9.62. The predicted molar refractivity (Wildman–Crippen MR) is 144 cm³/mol. The third-order valence-electron chi connectivity index (χ3n) is 6.23. The SMILES string of the molecule is CCCCC(=O)Nc1cncc(-c2ccc3[nH]nc(-c4nc5c(-c6ccccn6)ccnc5[nH]4)c3c2)c1. The Hall–Kier alpha value is -4.92. The first kappa shape index (κ1) is 22.5. The second-order valence-electron chi connectivity index (χ2n) is 8.80. The maximum Gasteiger partial charge on any atom is 0.224 e. The highest BCUT2D eigenvalue weighted by Gasteiger charge is 2.17. The molecule has 6 aromatic rings. The second-order valence-corrected chi connectivity index (χ2v) is 8.80. The lowest BCUT2D eigenvalue weighted by Crippen LogP contribution is -2.11. The van der Waals surface area contributed by atoms with E-state index in [4.69, 9.17) is 4.98 Å². The molecular formula is C28H24N8O. The summed E-state index contributed by atoms with van der Waals surface area (Å²) in [6, 6.07) is 15.7. The molecule has 0 aliphatic rings. The Morgan fingerprint density at radius 2 is 1.95 bits per heavy atom. The topological polar surface area (TPSA) is 125 Å². The van der Waals surface area contributed by atoms with Crippen molar-refractivity contribution in [2.45, 2.75) is 26.2 Å². The number of pyridine rings is 3. The number of hydrogen-bond donors (Lipinski definition) is 3. The maximum absolute atomic E-state index is 12.2. The summed E-state index contributed by atoms with van der Waals surface area (Å²) in [5, 5.41) is 11.5. The van der Waals surface area contributed by atoms with E-state index in [-0.39, 0.29) is 5.91 Å². The van der Waals surface area contributed by atoms with Crippen molar-refractivity contribution < 1.29 is 4.79 Å². The van der Waals surface area contributed by atoms with Crippen molar-refractivity contribution in [2.24, 2.45) is 0 Å². The van der Waals surface area contributed by atoms with Crippen molar-refractivity contribution in [2.75, 3.05) is 5.32 Å². The van der Waals surface area contributed by atoms with Gasteiger partial charge in [0.25, 0.3) is 0 Å². The number of benzene rings is 1. The van der Waals surface area contributed by atoms with Crippen LogP contribution in [0.25, 0.3) is 56.0 Å². The van der Waals surface area contributed by atoms with Gasteiger partial charge in [0.15, 0.2) is 11.5 Å². The fourth-order valence-electron chi connectivity index (χ4n) is 4.35. The summed E-state index contributed by atoms with van der Waals surface area (Å²) in [6.45, 7) is 2.07. The minimum absolute atomic E-state index is 0.00283. The lowest BCUT2D eigenvalue weighted by molar-refractivity contribution is -0.116. The van der Waals surface area contributed by atoms with Gasteiger partial charge in [-0.1, -0.05) is 25.5 Å². The summed E-state index contributed by atoms with van der Waals surface area (Å²) in [6.07, 6.45) is 9.29. The summed E-state index contributed by atoms with van der Waals surface area (Å²) in [4.78, 5) is 33.6. The van der Waals surface area contributed by atoms with Crippen molar-refractivity contribution in [3.05, 3.63) is 73.3 Å². The molecule has 9 heteroatoms. The van der Waals surface area contributed by atoms with E-state index in [1.165, 1.54) is 0 Å². The summed E-state index contributed by atoms with van der Waals surface area (Å²) in [5.74, 6) is 0.612. The lowest BCUT2D eigenvalue weighted by atomic mass is 10.0. The molecule has 6 rings (SSSR count). The normalized spacial score (nSPS) is 11.3. The number of nitrogens with zero attached hydrogens (tertiary/aromatic N) is 5. The summed E-state index contributed by atoms with van der Waals surface area (Å²) in [5.41, 5.74) is 7.24. The number of rotatable bonds is 7. The molecule has 0 spiro atoms. The van der Waals surface area contributed by atoms with Crippen LogP contribution in [0, 0.1) is 0 Å². The number of aromatic nitrogens is 7. The standard InChI is InChI=1S/C28H24N8O/c1-2-3-7-24(37)32-19-13-18(15-29-16-19)17-8-9-23-21(14-17)26(36-35-23)28-33-25-20(10-12-31-27(25)34-28)22-6-4-5-11-30-22/h4-6,8-16H,2-3,7H2,1H3,(H,32,37)(H,35,36)(H,31,33,34). The van der Waals surface area contributed by atoms with E-state index in [1.807, 2.05) is 48.5 Å². The van der Waals surface area contributed by atoms with Crippen LogP contribution in [0.3, 0.4) is 0 Å². The molecule has 1 amide bonds. The first-order chi connectivity index (χ1) is 18.2. The molecule has 0 aliphatic carbocycles. The van der Waals surface area contributed by atoms with Crippen LogP contribution in [0.2, 0.25) is 0 Å². The minimum atomic E-state index is -0.00283. The lowest BCUT2D eigenvalue weighted by Gasteiger charge is -2.07. The van der Waals surface area contributed by atoms with Gasteiger partial charge in [0, 0.05) is 41.5 Å². The number of amides is 1. The van der Waals surface area contributed by atoms with Crippen molar-refractivity contribution in [3.63, 3.8) is 0 Å². The molecule has 0 bridgehead atoms. The van der Waals surface area contributed by atoms with Crippen LogP contribution in [-0.2, 0) is 4.79 Å². The van der Waals surface area contributed by atoms with Crippen molar-refractivity contribution in [1.29, 1.82) is 0 Å². The number of anilines is 1. The molecule has 5 aromatic heterocycles. The van der Waals surface area contributed by atoms with E-state index < -0.39 is 0 Å². The Balaban J connectivity index is 1.37. The molecule has 182 valence electrons. The van der Waals surface area contributed by atoms with E-state index >= 15 is 0 Å². The summed E-state index contributed by atoms with van der Waals surface area (Å²) in [7, 11) is 0. The van der Waals surface area contributed by atoms with Gasteiger partial charge < -0.3 is 10.3 Å². The van der Waals surface area contributed by atoms with Crippen LogP contribution in [0.4, 0.5) is 5.69 Å². The summed E-state index contributed by atoms with van der Waals surface area (Å²) < 4.78 is 0. The van der Waals surface area contributed by atoms with Crippen LogP contribution < -0.4 is 5.32 Å². The molecule has 0 atom stereocenters. The fourth-order valence-corrected chi connectivity index (χ4v) is 4.35. The number of nitrogens with one attached hydrogen (secondary N) is 3. The van der Waals surface area contributed by atoms with Crippen molar-refractivity contribution >= 4 is 33.7 Å². The number of carbonyl (C=O) groups is 1. The van der Waals surface area contributed by atoms with Crippen LogP contribution in [0.15, 0.2) is 73.3 Å². The van der Waals surface area contributed by atoms with Gasteiger partial charge in [0.1, 0.15) is 11.2 Å². The Labute approximate surface area is 212 Å². The Morgan fingerprint density at radius 3 is 2.81 bits per heavy atom. The molecule has 0 radical (unpaired) electrons. The third-order valence-corrected chi connectivity index (χ3v) is 6.23. The van der Waals surface area contributed by atoms with Gasteiger partial charge in [-0.05, 0) is 48.4 Å². The Morgan fingerprint density at radius 1 is 1.00 bits per heavy atom. The molecule has 9 nitrogen and oxygen atoms in total. The van der Waals surface area contributed by atoms with Crippen LogP contribution in [0.1, 0.15) is 26.2 Å². The molecule has 5 heterocycles. The van der Waals surface area contributed by atoms with E-state index in [9.17, 15) is 4.79 Å². The monoisotopic (exact) mass is 488 g/mol. The highest BCUT2D eigenvalue weighted by atomic mass is 16.1. The average molecular weight is 489 g/mol. The number of unbranched alkanes of at least 4 members (excludes halogenated alkanes) is 1.